The first-order chi connectivity index (χ1) is 12.8. The monoisotopic (exact) mass is 465 g/mol. The van der Waals surface area contributed by atoms with Crippen LogP contribution in [-0.4, -0.2) is 73.3 Å². The molecule has 3 heterocycles. The fourth-order valence-corrected chi connectivity index (χ4v) is 10.8. The lowest BCUT2D eigenvalue weighted by atomic mass is 9.93. The van der Waals surface area contributed by atoms with Crippen molar-refractivity contribution in [2.24, 2.45) is 5.92 Å². The number of β-lactam (4-membered cyclic amide) rings is 1. The Hall–Kier alpha value is -0.0331. The molecule has 3 saturated heterocycles. The third-order valence-electron chi connectivity index (χ3n) is 6.39. The highest BCUT2D eigenvalue weighted by Crippen LogP contribution is 2.57. The predicted octanol–water partition coefficient (Wildman–Crippen LogP) is 2.96. The molecule has 0 saturated carbocycles. The van der Waals surface area contributed by atoms with E-state index >= 15 is 0 Å². The lowest BCUT2D eigenvalue weighted by Gasteiger charge is -2.47. The smallest absolute Gasteiger partial charge is 0.332 e. The number of carboxylic acid groups (broad SMARTS) is 1. The Morgan fingerprint density at radius 1 is 1.46 bits per heavy atom. The van der Waals surface area contributed by atoms with Gasteiger partial charge in [-0.15, -0.1) is 23.5 Å². The SMILES string of the molecule is C[C@@H](O[Si](C)(C)C(C)(C)C)C1C(=O)N2CC(SC3CCS(=O)C3)(C(=O)O)S[C@H]12. The van der Waals surface area contributed by atoms with Crippen LogP contribution in [0.2, 0.25) is 18.1 Å². The van der Waals surface area contributed by atoms with Crippen LogP contribution in [0.5, 0.6) is 0 Å². The number of fused-ring (bicyclic) bond motifs is 1. The second-order valence-corrected chi connectivity index (χ2v) is 19.1. The molecule has 3 aliphatic rings. The molecule has 0 radical (unpaired) electrons. The van der Waals surface area contributed by atoms with Gasteiger partial charge in [-0.25, -0.2) is 4.79 Å². The van der Waals surface area contributed by atoms with E-state index in [0.717, 1.165) is 6.42 Å². The summed E-state index contributed by atoms with van der Waals surface area (Å²) in [5.41, 5.74) is 0. The summed E-state index contributed by atoms with van der Waals surface area (Å²) in [6.07, 6.45) is 0.551. The minimum absolute atomic E-state index is 0.00225. The van der Waals surface area contributed by atoms with Gasteiger partial charge in [-0.1, -0.05) is 20.8 Å². The van der Waals surface area contributed by atoms with Gasteiger partial charge in [0.1, 0.15) is 0 Å². The van der Waals surface area contributed by atoms with Crippen molar-refractivity contribution in [2.45, 2.75) is 73.1 Å². The van der Waals surface area contributed by atoms with Crippen LogP contribution in [0, 0.1) is 5.92 Å². The first-order valence-electron chi connectivity index (χ1n) is 9.70. The van der Waals surface area contributed by atoms with E-state index in [-0.39, 0.29) is 40.1 Å². The number of rotatable bonds is 6. The van der Waals surface area contributed by atoms with E-state index in [2.05, 4.69) is 33.9 Å². The normalized spacial score (nSPS) is 36.9. The van der Waals surface area contributed by atoms with Crippen LogP contribution >= 0.6 is 23.5 Å². The molecule has 28 heavy (non-hydrogen) atoms. The van der Waals surface area contributed by atoms with Crippen LogP contribution in [0.4, 0.5) is 0 Å². The quantitative estimate of drug-likeness (QED) is 0.477. The number of carboxylic acids is 1. The first-order valence-corrected chi connectivity index (χ1v) is 15.9. The molecule has 1 N–H and O–H groups in total. The fourth-order valence-electron chi connectivity index (χ4n) is 3.69. The molecule has 160 valence electrons. The molecule has 0 aromatic rings. The van der Waals surface area contributed by atoms with Gasteiger partial charge in [-0.05, 0) is 31.5 Å². The zero-order chi connectivity index (χ0) is 21.1. The highest BCUT2D eigenvalue weighted by molar-refractivity contribution is 8.20. The van der Waals surface area contributed by atoms with Gasteiger partial charge in [0.05, 0.1) is 23.9 Å². The van der Waals surface area contributed by atoms with Gasteiger partial charge < -0.3 is 14.4 Å². The molecule has 0 aliphatic carbocycles. The molecule has 1 amide bonds. The van der Waals surface area contributed by atoms with E-state index in [1.165, 1.54) is 23.5 Å². The summed E-state index contributed by atoms with van der Waals surface area (Å²) >= 11 is 2.78. The minimum Gasteiger partial charge on any atom is -0.480 e. The Balaban J connectivity index is 1.72. The van der Waals surface area contributed by atoms with Gasteiger partial charge in [0.25, 0.3) is 0 Å². The second-order valence-electron chi connectivity index (χ2n) is 9.48. The highest BCUT2D eigenvalue weighted by atomic mass is 32.2. The van der Waals surface area contributed by atoms with Gasteiger partial charge >= 0.3 is 5.97 Å². The maximum Gasteiger partial charge on any atom is 0.332 e. The summed E-state index contributed by atoms with van der Waals surface area (Å²) in [5.74, 6) is 0.0114. The summed E-state index contributed by atoms with van der Waals surface area (Å²) in [4.78, 5) is 26.7. The van der Waals surface area contributed by atoms with Gasteiger partial charge in [0.2, 0.25) is 5.91 Å². The molecule has 4 unspecified atom stereocenters. The lowest BCUT2D eigenvalue weighted by Crippen LogP contribution is -2.62. The van der Waals surface area contributed by atoms with Crippen LogP contribution in [0.1, 0.15) is 34.1 Å². The molecule has 0 spiro atoms. The van der Waals surface area contributed by atoms with E-state index < -0.39 is 29.2 Å². The number of hydrogen-bond donors (Lipinski definition) is 1. The number of thioether (sulfide) groups is 2. The molecule has 3 aliphatic heterocycles. The Bertz CT molecular complexity index is 697. The van der Waals surface area contributed by atoms with Crippen molar-refractivity contribution in [2.75, 3.05) is 18.1 Å². The summed E-state index contributed by atoms with van der Waals surface area (Å²) < 4.78 is 17.1. The Morgan fingerprint density at radius 3 is 2.61 bits per heavy atom. The predicted molar refractivity (Wildman–Crippen MR) is 119 cm³/mol. The maximum absolute atomic E-state index is 12.8. The molecule has 0 bridgehead atoms. The topological polar surface area (TPSA) is 83.9 Å². The van der Waals surface area contributed by atoms with E-state index in [9.17, 15) is 18.9 Å². The standard InChI is InChI=1S/C18H31NO5S3Si/c1-11(24-28(5,6)17(2,3)4)13-14(20)19-10-18(16(21)22,26-15(13)19)25-12-7-8-27(23)9-12/h11-13,15H,7-10H2,1-6H3,(H,21,22)/t11-,12?,13?,15-,18?,27?/m1/s1. The molecule has 0 aromatic carbocycles. The third kappa shape index (κ3) is 3.96. The Morgan fingerprint density at radius 2 is 2.11 bits per heavy atom. The fraction of sp³-hybridized carbons (Fsp3) is 0.889. The van der Waals surface area contributed by atoms with Crippen molar-refractivity contribution in [1.82, 2.24) is 4.90 Å². The van der Waals surface area contributed by atoms with Crippen molar-refractivity contribution in [3.05, 3.63) is 0 Å². The third-order valence-corrected chi connectivity index (χ3v) is 16.1. The number of carbonyl (C=O) groups excluding carboxylic acids is 1. The molecule has 6 nitrogen and oxygen atoms in total. The number of aliphatic carboxylic acids is 1. The molecular formula is C18H31NO5S3Si. The van der Waals surface area contributed by atoms with Crippen molar-refractivity contribution in [3.63, 3.8) is 0 Å². The van der Waals surface area contributed by atoms with Gasteiger partial charge in [-0.3, -0.25) is 9.00 Å². The molecule has 10 heteroatoms. The van der Waals surface area contributed by atoms with Gasteiger partial charge in [0, 0.05) is 27.6 Å². The van der Waals surface area contributed by atoms with Crippen molar-refractivity contribution in [3.8, 4) is 0 Å². The molecule has 6 atom stereocenters. The average Bonchev–Trinajstić information content (AvgIpc) is 3.08. The lowest BCUT2D eigenvalue weighted by molar-refractivity contribution is -0.155. The highest BCUT2D eigenvalue weighted by Gasteiger charge is 2.64. The summed E-state index contributed by atoms with van der Waals surface area (Å²) in [7, 11) is -2.86. The zero-order valence-corrected chi connectivity index (χ0v) is 20.8. The molecule has 3 fully saturated rings. The number of nitrogens with zero attached hydrogens (tertiary/aromatic N) is 1. The van der Waals surface area contributed by atoms with Crippen LogP contribution in [0.3, 0.4) is 0 Å². The van der Waals surface area contributed by atoms with Crippen LogP contribution in [-0.2, 0) is 24.8 Å². The zero-order valence-electron chi connectivity index (χ0n) is 17.4. The Kier molecular flexibility index (Phi) is 6.13. The van der Waals surface area contributed by atoms with Crippen molar-refractivity contribution < 1.29 is 23.3 Å². The Labute approximate surface area is 179 Å². The van der Waals surface area contributed by atoms with E-state index in [1.54, 1.807) is 4.90 Å². The minimum atomic E-state index is -2.02. The van der Waals surface area contributed by atoms with Crippen LogP contribution in [0.25, 0.3) is 0 Å². The van der Waals surface area contributed by atoms with Crippen molar-refractivity contribution in [1.29, 1.82) is 0 Å². The van der Waals surface area contributed by atoms with E-state index in [1.807, 2.05) is 6.92 Å². The second kappa shape index (κ2) is 7.58. The van der Waals surface area contributed by atoms with E-state index in [0.29, 0.717) is 11.5 Å². The average molecular weight is 466 g/mol. The maximum atomic E-state index is 12.8. The van der Waals surface area contributed by atoms with E-state index in [4.69, 9.17) is 4.43 Å². The van der Waals surface area contributed by atoms with Crippen molar-refractivity contribution >= 4 is 54.5 Å². The van der Waals surface area contributed by atoms with Gasteiger partial charge in [0.15, 0.2) is 12.4 Å². The summed E-state index contributed by atoms with van der Waals surface area (Å²) in [6.45, 7) is 13.0. The molecule has 0 aromatic heterocycles. The van der Waals surface area contributed by atoms with Crippen LogP contribution in [0.15, 0.2) is 0 Å². The molecule has 3 rings (SSSR count). The summed E-state index contributed by atoms with van der Waals surface area (Å²) in [6, 6.07) is 0. The summed E-state index contributed by atoms with van der Waals surface area (Å²) in [5, 5.41) is 9.96. The number of hydrogen-bond acceptors (Lipinski definition) is 6. The molecular weight excluding hydrogens is 434 g/mol. The number of amides is 1. The first kappa shape index (κ1) is 22.6. The number of carbonyl (C=O) groups is 2. The van der Waals surface area contributed by atoms with Crippen LogP contribution < -0.4 is 0 Å². The largest absolute Gasteiger partial charge is 0.480 e. The van der Waals surface area contributed by atoms with Gasteiger partial charge in [-0.2, -0.15) is 0 Å².